The number of hydrogen-bond acceptors (Lipinski definition) is 10. The first-order valence-electron chi connectivity index (χ1n) is 14.2. The Morgan fingerprint density at radius 2 is 1.69 bits per heavy atom. The molecule has 230 valence electrons. The average Bonchev–Trinajstić information content (AvgIpc) is 3.67. The molecule has 0 atom stereocenters. The Balaban J connectivity index is 1.06. The first-order chi connectivity index (χ1) is 21.7. The zero-order chi connectivity index (χ0) is 31.6. The van der Waals surface area contributed by atoms with Crippen LogP contribution in [0, 0.1) is 18.2 Å². The van der Waals surface area contributed by atoms with Crippen molar-refractivity contribution in [1.29, 1.82) is 0 Å². The number of aliphatic carboxylic acids is 1. The molecule has 11 nitrogen and oxygen atoms in total. The summed E-state index contributed by atoms with van der Waals surface area (Å²) in [5.41, 5.74) is 1.71. The Labute approximate surface area is 255 Å². The van der Waals surface area contributed by atoms with Gasteiger partial charge in [-0.05, 0) is 43.0 Å². The number of carbonyl (C=O) groups is 2. The fraction of sp³-hybridized carbons (Fsp3) is 0.242. The molecular formula is C33H28FN3O8. The van der Waals surface area contributed by atoms with E-state index in [1.54, 1.807) is 12.1 Å². The highest BCUT2D eigenvalue weighted by Gasteiger charge is 2.49. The molecule has 1 N–H and O–H groups in total. The molecule has 1 saturated heterocycles. The molecule has 12 heteroatoms. The summed E-state index contributed by atoms with van der Waals surface area (Å²) in [4.78, 5) is 42.8. The number of carboxylic acid groups (broad SMARTS) is 1. The van der Waals surface area contributed by atoms with Crippen LogP contribution in [0.15, 0.2) is 90.9 Å². The highest BCUT2D eigenvalue weighted by atomic mass is 19.1. The normalized spacial score (nSPS) is 14.7. The summed E-state index contributed by atoms with van der Waals surface area (Å²) in [6.07, 6.45) is 0.123. The summed E-state index contributed by atoms with van der Waals surface area (Å²) in [5.74, 6) is -2.68. The number of esters is 1. The largest absolute Gasteiger partial charge is 0.519 e. The van der Waals surface area contributed by atoms with E-state index in [2.05, 4.69) is 15.0 Å². The van der Waals surface area contributed by atoms with Crippen molar-refractivity contribution in [3.63, 3.8) is 0 Å². The lowest BCUT2D eigenvalue weighted by molar-refractivity contribution is -0.174. The van der Waals surface area contributed by atoms with Gasteiger partial charge >= 0.3 is 17.8 Å². The average molecular weight is 614 g/mol. The number of nitrogens with zero attached hydrogens (tertiary/aromatic N) is 3. The second kappa shape index (κ2) is 12.3. The maximum Gasteiger partial charge on any atom is 0.519 e. The summed E-state index contributed by atoms with van der Waals surface area (Å²) in [6.45, 7) is 2.35. The Morgan fingerprint density at radius 3 is 2.33 bits per heavy atom. The predicted octanol–water partition coefficient (Wildman–Crippen LogP) is 5.47. The number of carbonyl (C=O) groups excluding carboxylic acids is 1. The Kier molecular flexibility index (Phi) is 8.14. The molecule has 45 heavy (non-hydrogen) atoms. The van der Waals surface area contributed by atoms with Crippen LogP contribution in [-0.2, 0) is 27.5 Å². The van der Waals surface area contributed by atoms with Gasteiger partial charge in [-0.15, -0.1) is 0 Å². The number of rotatable bonds is 9. The quantitative estimate of drug-likeness (QED) is 0.166. The number of carboxylic acids is 1. The summed E-state index contributed by atoms with van der Waals surface area (Å²) < 4.78 is 35.1. The van der Waals surface area contributed by atoms with Crippen LogP contribution in [0.25, 0.3) is 34.0 Å². The van der Waals surface area contributed by atoms with Crippen LogP contribution in [0.5, 0.6) is 0 Å². The van der Waals surface area contributed by atoms with E-state index in [-0.39, 0.29) is 36.9 Å². The molecule has 3 heterocycles. The molecule has 0 radical (unpaired) electrons. The Bertz CT molecular complexity index is 1890. The summed E-state index contributed by atoms with van der Waals surface area (Å²) in [6, 6.07) is 21.6. The molecule has 0 unspecified atom stereocenters. The van der Waals surface area contributed by atoms with Crippen LogP contribution in [0.4, 0.5) is 4.39 Å². The first kappa shape index (κ1) is 29.7. The van der Waals surface area contributed by atoms with Gasteiger partial charge < -0.3 is 23.2 Å². The van der Waals surface area contributed by atoms with Crippen molar-refractivity contribution >= 4 is 11.9 Å². The fourth-order valence-corrected chi connectivity index (χ4v) is 5.35. The van der Waals surface area contributed by atoms with E-state index in [9.17, 15) is 23.9 Å². The maximum atomic E-state index is 14.9. The van der Waals surface area contributed by atoms with Crippen LogP contribution in [-0.4, -0.2) is 45.2 Å². The SMILES string of the molecule is Cc1oc(=O)oc1COC(=O)C1(C(=O)O)CCN(Cc2ccc(-c3noc(-c4ccc(-c5ccccc5)c(F)c4)n3)cc2)CC1. The minimum absolute atomic E-state index is 0.0400. The van der Waals surface area contributed by atoms with E-state index >= 15 is 0 Å². The molecule has 1 aliphatic heterocycles. The zero-order valence-electron chi connectivity index (χ0n) is 24.2. The minimum Gasteiger partial charge on any atom is -0.480 e. The molecule has 0 spiro atoms. The summed E-state index contributed by atoms with van der Waals surface area (Å²) in [7, 11) is 0. The van der Waals surface area contributed by atoms with Crippen molar-refractivity contribution in [3.05, 3.63) is 106 Å². The minimum atomic E-state index is -1.70. The first-order valence-corrected chi connectivity index (χ1v) is 14.2. The number of benzene rings is 3. The van der Waals surface area contributed by atoms with Gasteiger partial charge in [-0.25, -0.2) is 9.18 Å². The van der Waals surface area contributed by atoms with Gasteiger partial charge in [-0.2, -0.15) is 4.98 Å². The molecule has 0 aliphatic carbocycles. The summed E-state index contributed by atoms with van der Waals surface area (Å²) >= 11 is 0. The molecule has 0 amide bonds. The molecule has 1 fully saturated rings. The zero-order valence-corrected chi connectivity index (χ0v) is 24.2. The standard InChI is InChI=1S/C33H28FN3O8/c1-20-27(44-32(41)43-20)19-42-31(40)33(30(38)39)13-15-37(16-14-33)18-21-7-9-23(10-8-21)28-35-29(45-36-28)24-11-12-25(26(34)17-24)22-5-3-2-4-6-22/h2-12,17H,13-16,18-19H2,1H3,(H,38,39). The third-order valence-corrected chi connectivity index (χ3v) is 8.02. The number of hydrogen-bond donors (Lipinski definition) is 1. The van der Waals surface area contributed by atoms with Gasteiger partial charge in [0.15, 0.2) is 23.5 Å². The van der Waals surface area contributed by atoms with E-state index in [4.69, 9.17) is 18.1 Å². The molecular weight excluding hydrogens is 585 g/mol. The lowest BCUT2D eigenvalue weighted by Crippen LogP contribution is -2.49. The number of aryl methyl sites for hydroxylation is 1. The van der Waals surface area contributed by atoms with E-state index < -0.39 is 29.0 Å². The highest BCUT2D eigenvalue weighted by molar-refractivity contribution is 5.99. The van der Waals surface area contributed by atoms with Crippen molar-refractivity contribution in [3.8, 4) is 34.0 Å². The van der Waals surface area contributed by atoms with Gasteiger partial charge in [-0.1, -0.05) is 65.8 Å². The van der Waals surface area contributed by atoms with Crippen LogP contribution in [0.2, 0.25) is 0 Å². The van der Waals surface area contributed by atoms with E-state index in [1.807, 2.05) is 54.6 Å². The maximum absolute atomic E-state index is 14.9. The molecule has 5 aromatic rings. The van der Waals surface area contributed by atoms with Gasteiger partial charge in [0.1, 0.15) is 5.82 Å². The van der Waals surface area contributed by atoms with E-state index in [0.717, 1.165) is 11.1 Å². The van der Waals surface area contributed by atoms with Crippen molar-refractivity contribution in [2.45, 2.75) is 32.9 Å². The topological polar surface area (TPSA) is 149 Å². The Morgan fingerprint density at radius 1 is 0.978 bits per heavy atom. The lowest BCUT2D eigenvalue weighted by atomic mass is 9.78. The number of piperidine rings is 1. The van der Waals surface area contributed by atoms with Gasteiger partial charge in [0.25, 0.3) is 5.89 Å². The fourth-order valence-electron chi connectivity index (χ4n) is 5.35. The number of likely N-dealkylation sites (tertiary alicyclic amines) is 1. The van der Waals surface area contributed by atoms with Crippen molar-refractivity contribution < 1.29 is 37.2 Å². The number of aromatic nitrogens is 2. The van der Waals surface area contributed by atoms with Crippen molar-refractivity contribution in [1.82, 2.24) is 15.0 Å². The molecule has 6 rings (SSSR count). The van der Waals surface area contributed by atoms with Crippen LogP contribution >= 0.6 is 0 Å². The Hall–Kier alpha value is -5.36. The molecule has 0 bridgehead atoms. The third kappa shape index (κ3) is 6.18. The van der Waals surface area contributed by atoms with Gasteiger partial charge in [0.05, 0.1) is 0 Å². The van der Waals surface area contributed by atoms with Gasteiger partial charge in [0, 0.05) is 36.3 Å². The van der Waals surface area contributed by atoms with Crippen molar-refractivity contribution in [2.24, 2.45) is 5.41 Å². The van der Waals surface area contributed by atoms with Crippen molar-refractivity contribution in [2.75, 3.05) is 13.1 Å². The second-order valence-corrected chi connectivity index (χ2v) is 10.9. The van der Waals surface area contributed by atoms with E-state index in [1.165, 1.54) is 13.0 Å². The molecule has 3 aromatic carbocycles. The van der Waals surface area contributed by atoms with Gasteiger partial charge in [-0.3, -0.25) is 14.5 Å². The van der Waals surface area contributed by atoms with Crippen LogP contribution in [0.3, 0.4) is 0 Å². The highest BCUT2D eigenvalue weighted by Crippen LogP contribution is 2.35. The predicted molar refractivity (Wildman–Crippen MR) is 157 cm³/mol. The molecule has 0 saturated carbocycles. The monoisotopic (exact) mass is 613 g/mol. The number of halogens is 1. The molecule has 2 aromatic heterocycles. The van der Waals surface area contributed by atoms with Gasteiger partial charge in [0.2, 0.25) is 5.82 Å². The molecule has 1 aliphatic rings. The second-order valence-electron chi connectivity index (χ2n) is 10.9. The third-order valence-electron chi connectivity index (χ3n) is 8.02. The lowest BCUT2D eigenvalue weighted by Gasteiger charge is -2.37. The van der Waals surface area contributed by atoms with Crippen LogP contribution < -0.4 is 5.82 Å². The summed E-state index contributed by atoms with van der Waals surface area (Å²) in [5, 5.41) is 14.0. The number of ether oxygens (including phenoxy) is 1. The van der Waals surface area contributed by atoms with E-state index in [0.29, 0.717) is 42.1 Å². The van der Waals surface area contributed by atoms with Crippen LogP contribution in [0.1, 0.15) is 29.9 Å². The smallest absolute Gasteiger partial charge is 0.480 e.